The van der Waals surface area contributed by atoms with Gasteiger partial charge in [0.25, 0.3) is 0 Å². The molecule has 0 radical (unpaired) electrons. The lowest BCUT2D eigenvalue weighted by Crippen LogP contribution is -2.47. The molecule has 2 atom stereocenters. The fourth-order valence-corrected chi connectivity index (χ4v) is 2.44. The maximum Gasteiger partial charge on any atom is 0.225 e. The number of hydrogen-bond donors (Lipinski definition) is 3. The summed E-state index contributed by atoms with van der Waals surface area (Å²) in [7, 11) is 0. The van der Waals surface area contributed by atoms with Crippen LogP contribution in [0.3, 0.4) is 0 Å². The van der Waals surface area contributed by atoms with Crippen LogP contribution in [0.1, 0.15) is 46.5 Å². The van der Waals surface area contributed by atoms with Crippen molar-refractivity contribution in [3.63, 3.8) is 0 Å². The number of aliphatic hydroxyl groups excluding tert-OH is 1. The molecular weight excluding hydrogens is 228 g/mol. The van der Waals surface area contributed by atoms with Gasteiger partial charge in [-0.25, -0.2) is 0 Å². The van der Waals surface area contributed by atoms with E-state index >= 15 is 0 Å². The SMILES string of the molecule is CCC(O)CCNC(=O)C(C)(C)C1CCCNC1. The Balaban J connectivity index is 2.38. The zero-order valence-corrected chi connectivity index (χ0v) is 12.0. The number of nitrogens with one attached hydrogen (secondary N) is 2. The van der Waals surface area contributed by atoms with Gasteiger partial charge in [-0.15, -0.1) is 0 Å². The third-order valence-electron chi connectivity index (χ3n) is 4.14. The van der Waals surface area contributed by atoms with Crippen molar-refractivity contribution in [3.8, 4) is 0 Å². The Kier molecular flexibility index (Phi) is 6.09. The third kappa shape index (κ3) is 4.25. The van der Waals surface area contributed by atoms with Gasteiger partial charge in [0, 0.05) is 12.0 Å². The number of rotatable bonds is 6. The van der Waals surface area contributed by atoms with Crippen molar-refractivity contribution in [1.29, 1.82) is 0 Å². The number of piperidine rings is 1. The fraction of sp³-hybridized carbons (Fsp3) is 0.929. The van der Waals surface area contributed by atoms with E-state index in [2.05, 4.69) is 10.6 Å². The molecule has 0 bridgehead atoms. The van der Waals surface area contributed by atoms with Gasteiger partial charge < -0.3 is 15.7 Å². The van der Waals surface area contributed by atoms with Crippen LogP contribution in [0.25, 0.3) is 0 Å². The molecule has 0 aromatic rings. The summed E-state index contributed by atoms with van der Waals surface area (Å²) < 4.78 is 0. The van der Waals surface area contributed by atoms with Crippen molar-refractivity contribution in [2.45, 2.75) is 52.6 Å². The highest BCUT2D eigenvalue weighted by atomic mass is 16.3. The van der Waals surface area contributed by atoms with E-state index in [0.717, 1.165) is 32.4 Å². The second kappa shape index (κ2) is 7.10. The highest BCUT2D eigenvalue weighted by Gasteiger charge is 2.36. The Morgan fingerprint density at radius 3 is 2.83 bits per heavy atom. The molecule has 4 nitrogen and oxygen atoms in total. The third-order valence-corrected chi connectivity index (χ3v) is 4.14. The monoisotopic (exact) mass is 256 g/mol. The Bertz CT molecular complexity index is 261. The molecule has 4 heteroatoms. The summed E-state index contributed by atoms with van der Waals surface area (Å²) in [5.41, 5.74) is -0.329. The molecule has 1 rings (SSSR count). The molecule has 1 heterocycles. The predicted molar refractivity (Wildman–Crippen MR) is 73.3 cm³/mol. The van der Waals surface area contributed by atoms with E-state index in [1.165, 1.54) is 0 Å². The summed E-state index contributed by atoms with van der Waals surface area (Å²) in [6, 6.07) is 0. The number of amides is 1. The molecule has 2 unspecified atom stereocenters. The summed E-state index contributed by atoms with van der Waals surface area (Å²) >= 11 is 0. The summed E-state index contributed by atoms with van der Waals surface area (Å²) in [5, 5.41) is 15.8. The van der Waals surface area contributed by atoms with Crippen LogP contribution >= 0.6 is 0 Å². The predicted octanol–water partition coefficient (Wildman–Crippen LogP) is 1.29. The molecule has 1 aliphatic heterocycles. The number of aliphatic hydroxyl groups is 1. The highest BCUT2D eigenvalue weighted by molar-refractivity contribution is 5.82. The lowest BCUT2D eigenvalue weighted by atomic mass is 9.74. The molecule has 0 aromatic heterocycles. The van der Waals surface area contributed by atoms with Crippen LogP contribution in [0.2, 0.25) is 0 Å². The van der Waals surface area contributed by atoms with Crippen LogP contribution in [0.15, 0.2) is 0 Å². The van der Waals surface area contributed by atoms with E-state index < -0.39 is 0 Å². The molecule has 0 aromatic carbocycles. The first-order chi connectivity index (χ1) is 8.48. The average molecular weight is 256 g/mol. The molecule has 1 amide bonds. The molecule has 0 saturated carbocycles. The van der Waals surface area contributed by atoms with Crippen LogP contribution in [-0.2, 0) is 4.79 Å². The Hall–Kier alpha value is -0.610. The second-order valence-corrected chi connectivity index (χ2v) is 5.87. The van der Waals surface area contributed by atoms with Gasteiger partial charge in [0.2, 0.25) is 5.91 Å². The van der Waals surface area contributed by atoms with E-state index in [1.54, 1.807) is 0 Å². The molecule has 1 saturated heterocycles. The van der Waals surface area contributed by atoms with E-state index in [1.807, 2.05) is 20.8 Å². The van der Waals surface area contributed by atoms with Gasteiger partial charge in [-0.05, 0) is 44.7 Å². The topological polar surface area (TPSA) is 61.4 Å². The molecule has 1 aliphatic rings. The summed E-state index contributed by atoms with van der Waals surface area (Å²) in [6.07, 6.45) is 3.35. The molecule has 0 aliphatic carbocycles. The number of carbonyl (C=O) groups is 1. The summed E-state index contributed by atoms with van der Waals surface area (Å²) in [5.74, 6) is 0.516. The molecule has 106 valence electrons. The molecule has 18 heavy (non-hydrogen) atoms. The Morgan fingerprint density at radius 2 is 2.28 bits per heavy atom. The summed E-state index contributed by atoms with van der Waals surface area (Å²) in [4.78, 5) is 12.2. The van der Waals surface area contributed by atoms with Gasteiger partial charge in [-0.1, -0.05) is 20.8 Å². The van der Waals surface area contributed by atoms with Crippen LogP contribution in [0.4, 0.5) is 0 Å². The molecule has 0 spiro atoms. The standard InChI is InChI=1S/C14H28N2O2/c1-4-12(17)7-9-16-13(18)14(2,3)11-6-5-8-15-10-11/h11-12,15,17H,4-10H2,1-3H3,(H,16,18). The van der Waals surface area contributed by atoms with E-state index in [4.69, 9.17) is 0 Å². The van der Waals surface area contributed by atoms with Gasteiger partial charge in [-0.2, -0.15) is 0 Å². The smallest absolute Gasteiger partial charge is 0.225 e. The van der Waals surface area contributed by atoms with Gasteiger partial charge in [0.1, 0.15) is 0 Å². The number of carbonyl (C=O) groups excluding carboxylic acids is 1. The highest BCUT2D eigenvalue weighted by Crippen LogP contribution is 2.31. The van der Waals surface area contributed by atoms with Crippen LogP contribution in [0, 0.1) is 11.3 Å². The van der Waals surface area contributed by atoms with E-state index in [9.17, 15) is 9.90 Å². The second-order valence-electron chi connectivity index (χ2n) is 5.87. The molecule has 3 N–H and O–H groups in total. The van der Waals surface area contributed by atoms with Gasteiger partial charge in [0.05, 0.1) is 6.10 Å². The van der Waals surface area contributed by atoms with Gasteiger partial charge in [-0.3, -0.25) is 4.79 Å². The first kappa shape index (κ1) is 15.4. The quantitative estimate of drug-likeness (QED) is 0.671. The van der Waals surface area contributed by atoms with Crippen molar-refractivity contribution in [2.75, 3.05) is 19.6 Å². The zero-order chi connectivity index (χ0) is 13.6. The van der Waals surface area contributed by atoms with E-state index in [-0.39, 0.29) is 17.4 Å². The fourth-order valence-electron chi connectivity index (χ4n) is 2.44. The maximum absolute atomic E-state index is 12.2. The normalized spacial score (nSPS) is 22.6. The van der Waals surface area contributed by atoms with E-state index in [0.29, 0.717) is 18.9 Å². The number of hydrogen-bond acceptors (Lipinski definition) is 3. The van der Waals surface area contributed by atoms with Gasteiger partial charge >= 0.3 is 0 Å². The Labute approximate surface area is 111 Å². The minimum atomic E-state index is -0.329. The van der Waals surface area contributed by atoms with Gasteiger partial charge in [0.15, 0.2) is 0 Å². The molecule has 1 fully saturated rings. The lowest BCUT2D eigenvalue weighted by molar-refractivity contribution is -0.132. The molecular formula is C14H28N2O2. The van der Waals surface area contributed by atoms with Crippen LogP contribution in [0.5, 0.6) is 0 Å². The largest absolute Gasteiger partial charge is 0.393 e. The zero-order valence-electron chi connectivity index (χ0n) is 12.0. The first-order valence-corrected chi connectivity index (χ1v) is 7.15. The van der Waals surface area contributed by atoms with Crippen molar-refractivity contribution in [2.24, 2.45) is 11.3 Å². The van der Waals surface area contributed by atoms with Crippen LogP contribution in [-0.4, -0.2) is 36.8 Å². The first-order valence-electron chi connectivity index (χ1n) is 7.15. The lowest BCUT2D eigenvalue weighted by Gasteiger charge is -2.36. The van der Waals surface area contributed by atoms with Crippen molar-refractivity contribution in [1.82, 2.24) is 10.6 Å². The van der Waals surface area contributed by atoms with Crippen molar-refractivity contribution in [3.05, 3.63) is 0 Å². The Morgan fingerprint density at radius 1 is 1.56 bits per heavy atom. The minimum absolute atomic E-state index is 0.111. The maximum atomic E-state index is 12.2. The average Bonchev–Trinajstić information content (AvgIpc) is 2.39. The van der Waals surface area contributed by atoms with Crippen molar-refractivity contribution < 1.29 is 9.90 Å². The van der Waals surface area contributed by atoms with Crippen molar-refractivity contribution >= 4 is 5.91 Å². The minimum Gasteiger partial charge on any atom is -0.393 e. The summed E-state index contributed by atoms with van der Waals surface area (Å²) in [6.45, 7) is 8.56. The van der Waals surface area contributed by atoms with Crippen LogP contribution < -0.4 is 10.6 Å².